The Morgan fingerprint density at radius 3 is 1.77 bits per heavy atom. The van der Waals surface area contributed by atoms with Crippen LogP contribution in [-0.4, -0.2) is 50.5 Å². The van der Waals surface area contributed by atoms with Crippen molar-refractivity contribution in [3.05, 3.63) is 239 Å². The van der Waals surface area contributed by atoms with Crippen molar-refractivity contribution in [3.8, 4) is 32.8 Å². The van der Waals surface area contributed by atoms with Gasteiger partial charge in [-0.25, -0.2) is 4.98 Å². The third kappa shape index (κ3) is 5.56. The number of hydrogen-bond acceptors (Lipinski definition) is 13. The molecule has 1 fully saturated rings. The van der Waals surface area contributed by atoms with Gasteiger partial charge in [0.2, 0.25) is 0 Å². The average molecular weight is 897 g/mol. The van der Waals surface area contributed by atoms with Crippen molar-refractivity contribution in [1.29, 1.82) is 0 Å². The largest absolute Gasteiger partial charge is 0.363 e. The van der Waals surface area contributed by atoms with Gasteiger partial charge in [0.1, 0.15) is 28.0 Å². The first-order chi connectivity index (χ1) is 32.8. The third-order valence-electron chi connectivity index (χ3n) is 12.6. The summed E-state index contributed by atoms with van der Waals surface area (Å²) in [6, 6.07) is 60.5. The van der Waals surface area contributed by atoms with Gasteiger partial charge >= 0.3 is 0 Å². The second-order valence-corrected chi connectivity index (χ2v) is 17.2. The van der Waals surface area contributed by atoms with E-state index in [4.69, 9.17) is 34.3 Å². The Morgan fingerprint density at radius 1 is 0.561 bits per heavy atom. The molecule has 5 aromatic heterocycles. The monoisotopic (exact) mass is 896 g/mol. The fourth-order valence-electron chi connectivity index (χ4n) is 10.4. The number of nitrogens with one attached hydrogen (secondary N) is 2. The summed E-state index contributed by atoms with van der Waals surface area (Å²) in [4.78, 5) is 9.68. The van der Waals surface area contributed by atoms with Crippen LogP contribution in [0.3, 0.4) is 0 Å². The van der Waals surface area contributed by atoms with E-state index >= 15 is 0 Å². The number of aromatic nitrogens is 10. The minimum atomic E-state index is -1.54. The maximum atomic E-state index is 5.98. The lowest BCUT2D eigenvalue weighted by Gasteiger charge is -2.49. The molecule has 0 spiro atoms. The summed E-state index contributed by atoms with van der Waals surface area (Å²) >= 11 is 2.95. The molecule has 0 saturated carbocycles. The lowest BCUT2D eigenvalue weighted by molar-refractivity contribution is 0.338. The van der Waals surface area contributed by atoms with Crippen molar-refractivity contribution in [2.75, 3.05) is 9.80 Å². The highest BCUT2D eigenvalue weighted by Gasteiger charge is 2.79. The molecule has 2 N–H and O–H groups in total. The molecule has 11 aromatic rings. The summed E-state index contributed by atoms with van der Waals surface area (Å²) in [5.74, 6) is 0.752. The zero-order valence-electron chi connectivity index (χ0n) is 34.8. The molecule has 13 nitrogen and oxygen atoms in total. The summed E-state index contributed by atoms with van der Waals surface area (Å²) in [6.07, 6.45) is 5.25. The van der Waals surface area contributed by atoms with Gasteiger partial charge in [-0.2, -0.15) is 25.0 Å². The smallest absolute Gasteiger partial charge is 0.269 e. The number of nitrogens with zero attached hydrogens (tertiary/aromatic N) is 10. The van der Waals surface area contributed by atoms with Crippen LogP contribution in [0.25, 0.3) is 32.8 Å². The van der Waals surface area contributed by atoms with Crippen LogP contribution in [-0.2, 0) is 16.7 Å². The normalized spacial score (nSPS) is 19.3. The fraction of sp³-hybridized carbons (Fsp3) is 0.0588. The molecular weight excluding hydrogens is 861 g/mol. The Morgan fingerprint density at radius 2 is 1.21 bits per heavy atom. The standard InChI is InChI=1S/C51H36N12OS2/c1-6-16-35(17-7-1)40-26-27-41(45(36-18-8-2-9-19-36)46(40)47-52-30-33-65-47)51(39-24-14-5-15-25-39)62(44-28-31-64-57-44)50(43-34-53-59-54-43,38-22-12-4-13-23-38)49(42-29-32-66-58-42,37-20-10-3-11-21-37)63(51)48-55-60-61-56-48/h1-34H,(H,53,54,59)(H,55,56,60,61). The topological polar surface area (TPSA) is 154 Å². The lowest BCUT2D eigenvalue weighted by atomic mass is 9.64. The van der Waals surface area contributed by atoms with Crippen molar-refractivity contribution < 1.29 is 4.52 Å². The second kappa shape index (κ2) is 16.0. The molecule has 0 amide bonds. The Hall–Kier alpha value is -8.40. The maximum absolute atomic E-state index is 5.98. The minimum Gasteiger partial charge on any atom is -0.363 e. The van der Waals surface area contributed by atoms with E-state index in [2.05, 4.69) is 146 Å². The van der Waals surface area contributed by atoms with Gasteiger partial charge in [0, 0.05) is 45.3 Å². The van der Waals surface area contributed by atoms with Gasteiger partial charge in [0.05, 0.1) is 11.9 Å². The van der Waals surface area contributed by atoms with Crippen molar-refractivity contribution >= 4 is 34.6 Å². The molecule has 0 radical (unpaired) electrons. The van der Waals surface area contributed by atoms with Gasteiger partial charge in [0.25, 0.3) is 5.95 Å². The van der Waals surface area contributed by atoms with Crippen LogP contribution in [0.4, 0.5) is 11.8 Å². The number of tetrazole rings is 1. The molecule has 0 bridgehead atoms. The number of aromatic amines is 2. The van der Waals surface area contributed by atoms with Crippen molar-refractivity contribution in [2.45, 2.75) is 16.7 Å². The van der Waals surface area contributed by atoms with Gasteiger partial charge in [-0.05, 0) is 50.6 Å². The Labute approximate surface area is 386 Å². The van der Waals surface area contributed by atoms with E-state index in [-0.39, 0.29) is 5.95 Å². The molecule has 12 rings (SSSR count). The van der Waals surface area contributed by atoms with E-state index in [1.54, 1.807) is 23.8 Å². The summed E-state index contributed by atoms with van der Waals surface area (Å²) in [5, 5.41) is 39.8. The third-order valence-corrected chi connectivity index (χ3v) is 13.9. The van der Waals surface area contributed by atoms with Crippen LogP contribution in [0.2, 0.25) is 0 Å². The van der Waals surface area contributed by atoms with Gasteiger partial charge in [-0.3, -0.25) is 4.90 Å². The highest BCUT2D eigenvalue weighted by molar-refractivity contribution is 7.13. The molecule has 6 aromatic carbocycles. The van der Waals surface area contributed by atoms with Gasteiger partial charge in [-0.15, -0.1) is 16.4 Å². The molecule has 318 valence electrons. The second-order valence-electron chi connectivity index (χ2n) is 15.7. The fourth-order valence-corrected chi connectivity index (χ4v) is 11.6. The summed E-state index contributed by atoms with van der Waals surface area (Å²) in [7, 11) is 0. The first kappa shape index (κ1) is 39.2. The van der Waals surface area contributed by atoms with E-state index in [0.717, 1.165) is 55.1 Å². The average Bonchev–Trinajstić information content (AvgIpc) is 4.25. The van der Waals surface area contributed by atoms with Crippen LogP contribution in [0.15, 0.2) is 210 Å². The van der Waals surface area contributed by atoms with Gasteiger partial charge < -0.3 is 9.42 Å². The number of anilines is 2. The number of hydrogen-bond donors (Lipinski definition) is 2. The Balaban J connectivity index is 1.41. The van der Waals surface area contributed by atoms with Crippen LogP contribution >= 0.6 is 22.9 Å². The van der Waals surface area contributed by atoms with Crippen molar-refractivity contribution in [1.82, 2.24) is 50.5 Å². The van der Waals surface area contributed by atoms with Gasteiger partial charge in [-0.1, -0.05) is 174 Å². The number of rotatable bonds is 11. The van der Waals surface area contributed by atoms with Crippen LogP contribution in [0, 0.1) is 0 Å². The highest BCUT2D eigenvalue weighted by Crippen LogP contribution is 2.70. The number of benzene rings is 6. The Bertz CT molecular complexity index is 3190. The molecule has 15 heteroatoms. The summed E-state index contributed by atoms with van der Waals surface area (Å²) in [6.45, 7) is 0. The first-order valence-corrected chi connectivity index (χ1v) is 22.9. The van der Waals surface area contributed by atoms with Crippen molar-refractivity contribution in [2.24, 2.45) is 0 Å². The predicted molar refractivity (Wildman–Crippen MR) is 254 cm³/mol. The zero-order chi connectivity index (χ0) is 44.0. The summed E-state index contributed by atoms with van der Waals surface area (Å²) in [5.41, 5.74) is 5.00. The SMILES string of the molecule is c1ccc(-c2ccc(C3(c4ccccc4)N(c4ccon4)C(c4ccccc4)(c4cn[nH]n4)C(c4ccccc4)(c4ccsn4)N3c3nn[nH]n3)c(-c3ccccc3)c2-c2nccs2)cc1. The van der Waals surface area contributed by atoms with Crippen LogP contribution in [0.1, 0.15) is 33.6 Å². The molecule has 1 saturated heterocycles. The quantitative estimate of drug-likeness (QED) is 0.127. The van der Waals surface area contributed by atoms with Crippen molar-refractivity contribution in [3.63, 3.8) is 0 Å². The van der Waals surface area contributed by atoms with E-state index in [1.807, 2.05) is 77.6 Å². The van der Waals surface area contributed by atoms with E-state index in [1.165, 1.54) is 11.5 Å². The molecule has 6 heterocycles. The summed E-state index contributed by atoms with van der Waals surface area (Å²) < 4.78 is 11.4. The molecular formula is C51H36N12OS2. The van der Waals surface area contributed by atoms with E-state index in [0.29, 0.717) is 17.2 Å². The van der Waals surface area contributed by atoms with Gasteiger partial charge in [0.15, 0.2) is 11.5 Å². The van der Waals surface area contributed by atoms with Crippen LogP contribution < -0.4 is 9.80 Å². The van der Waals surface area contributed by atoms with E-state index in [9.17, 15) is 0 Å². The molecule has 0 aliphatic carbocycles. The highest BCUT2D eigenvalue weighted by atomic mass is 32.1. The minimum absolute atomic E-state index is 0.271. The first-order valence-electron chi connectivity index (χ1n) is 21.2. The van der Waals surface area contributed by atoms with E-state index < -0.39 is 16.7 Å². The maximum Gasteiger partial charge on any atom is 0.269 e. The lowest BCUT2D eigenvalue weighted by Crippen LogP contribution is -2.59. The predicted octanol–water partition coefficient (Wildman–Crippen LogP) is 10.3. The molecule has 1 aliphatic rings. The molecule has 1 aliphatic heterocycles. The number of H-pyrrole nitrogens is 2. The molecule has 3 atom stereocenters. The molecule has 3 unspecified atom stereocenters. The van der Waals surface area contributed by atoms with Crippen LogP contribution in [0.5, 0.6) is 0 Å². The number of thiazole rings is 1. The zero-order valence-corrected chi connectivity index (χ0v) is 36.5. The molecule has 66 heavy (non-hydrogen) atoms. The Kier molecular flexibility index (Phi) is 9.50.